The van der Waals surface area contributed by atoms with Gasteiger partial charge in [0.05, 0.1) is 29.4 Å². The fraction of sp³-hybridized carbons (Fsp3) is 0.531. The number of alkyl halides is 2. The number of nitrogens with one attached hydrogen (secondary N) is 1. The summed E-state index contributed by atoms with van der Waals surface area (Å²) in [5.74, 6) is -4.75. The van der Waals surface area contributed by atoms with E-state index in [4.69, 9.17) is 22.1 Å². The molecular weight excluding hydrogens is 744 g/mol. The van der Waals surface area contributed by atoms with Gasteiger partial charge in [0.1, 0.15) is 40.5 Å². The number of aryl methyl sites for hydroxylation is 1. The smallest absolute Gasteiger partial charge is 0.412 e. The summed E-state index contributed by atoms with van der Waals surface area (Å²) in [4.78, 5) is 40.7. The van der Waals surface area contributed by atoms with Crippen molar-refractivity contribution in [3.8, 4) is 12.1 Å². The van der Waals surface area contributed by atoms with Gasteiger partial charge in [-0.3, -0.25) is 10.3 Å². The minimum absolute atomic E-state index is 0.0580. The van der Waals surface area contributed by atoms with Crippen molar-refractivity contribution in [1.82, 2.24) is 9.97 Å². The number of carboxylic acids is 1. The number of thiophene rings is 1. The van der Waals surface area contributed by atoms with Gasteiger partial charge in [-0.2, -0.15) is 23.2 Å². The number of rotatable bonds is 6. The van der Waals surface area contributed by atoms with E-state index in [1.165, 1.54) is 11.3 Å². The average molecular weight is 784 g/mol. The summed E-state index contributed by atoms with van der Waals surface area (Å²) >= 11 is 12.2. The molecule has 5 rings (SSSR count). The van der Waals surface area contributed by atoms with Crippen molar-refractivity contribution in [3.05, 3.63) is 32.3 Å². The quantitative estimate of drug-likeness (QED) is 0.115. The second-order valence-electron chi connectivity index (χ2n) is 12.3. The van der Waals surface area contributed by atoms with Crippen LogP contribution in [0.15, 0.2) is 20.9 Å². The maximum atomic E-state index is 15.0. The van der Waals surface area contributed by atoms with E-state index >= 15 is 0 Å². The summed E-state index contributed by atoms with van der Waals surface area (Å²) in [6.45, 7) is 7.75. The molecule has 0 bridgehead atoms. The maximum Gasteiger partial charge on any atom is 0.412 e. The molecule has 19 heteroatoms. The molecule has 1 saturated heterocycles. The molecule has 2 aromatic rings. The zero-order chi connectivity index (χ0) is 38.5. The van der Waals surface area contributed by atoms with Crippen molar-refractivity contribution < 1.29 is 28.2 Å². The number of thiol groups is 1. The van der Waals surface area contributed by atoms with Gasteiger partial charge in [-0.1, -0.05) is 37.2 Å². The molecule has 276 valence electrons. The minimum Gasteiger partial charge on any atom is -0.477 e. The Balaban J connectivity index is 0.00000169. The zero-order valence-corrected chi connectivity index (χ0v) is 32.5. The Labute approximate surface area is 314 Å². The number of thioether (sulfide) groups is 1. The number of fused-ring (bicyclic) bond motifs is 2. The molecule has 2 aliphatic heterocycles. The number of hydrogen-bond donors (Lipinski definition) is 4. The van der Waals surface area contributed by atoms with Crippen LogP contribution in [0.4, 0.5) is 30.2 Å². The number of nitriles is 2. The van der Waals surface area contributed by atoms with Crippen LogP contribution in [0, 0.1) is 22.7 Å². The Morgan fingerprint density at radius 2 is 1.71 bits per heavy atom. The van der Waals surface area contributed by atoms with Crippen molar-refractivity contribution in [2.75, 3.05) is 60.4 Å². The van der Waals surface area contributed by atoms with Crippen molar-refractivity contribution >= 4 is 81.7 Å². The number of hydrogen-bond acceptors (Lipinski definition) is 14. The molecule has 3 aliphatic rings. The van der Waals surface area contributed by atoms with Crippen LogP contribution in [0.1, 0.15) is 62.6 Å². The molecule has 4 heterocycles. The van der Waals surface area contributed by atoms with E-state index in [0.717, 1.165) is 33.5 Å². The van der Waals surface area contributed by atoms with Gasteiger partial charge in [-0.05, 0) is 51.7 Å². The summed E-state index contributed by atoms with van der Waals surface area (Å²) < 4.78 is 35.3. The fourth-order valence-electron chi connectivity index (χ4n) is 5.87. The number of carboxylic acid groups (broad SMARTS) is 1. The fourth-order valence-corrected chi connectivity index (χ4v) is 7.68. The molecule has 0 atom stereocenters. The summed E-state index contributed by atoms with van der Waals surface area (Å²) in [6.07, 6.45) is 4.16. The van der Waals surface area contributed by atoms with Crippen LogP contribution in [-0.4, -0.2) is 89.6 Å². The lowest BCUT2D eigenvalue weighted by molar-refractivity contribution is -0.132. The lowest BCUT2D eigenvalue weighted by atomic mass is 9.74. The number of nitrogens with zero attached hydrogens (tertiary/aromatic N) is 7. The number of aliphatic carboxylic acids is 1. The Morgan fingerprint density at radius 3 is 2.24 bits per heavy atom. The molecule has 0 aromatic carbocycles. The van der Waals surface area contributed by atoms with E-state index in [0.29, 0.717) is 30.1 Å². The molecule has 1 spiro atoms. The van der Waals surface area contributed by atoms with Gasteiger partial charge in [-0.25, -0.2) is 28.3 Å². The number of aliphatic imine (C=N–C) groups is 1. The largest absolute Gasteiger partial charge is 0.477 e. The van der Waals surface area contributed by atoms with Crippen molar-refractivity contribution in [2.45, 2.75) is 69.6 Å². The van der Waals surface area contributed by atoms with Crippen molar-refractivity contribution in [1.29, 1.82) is 10.5 Å². The molecule has 4 N–H and O–H groups in total. The molecule has 1 fully saturated rings. The first-order valence-electron chi connectivity index (χ1n) is 15.7. The molecule has 1 amide bonds. The van der Waals surface area contributed by atoms with E-state index < -0.39 is 52.8 Å². The van der Waals surface area contributed by atoms with Gasteiger partial charge in [0.25, 0.3) is 5.92 Å². The van der Waals surface area contributed by atoms with E-state index in [1.807, 2.05) is 18.7 Å². The first kappa shape index (κ1) is 41.6. The summed E-state index contributed by atoms with van der Waals surface area (Å²) in [7, 11) is 0. The van der Waals surface area contributed by atoms with Gasteiger partial charge < -0.3 is 25.4 Å². The number of anilines is 3. The van der Waals surface area contributed by atoms with Gasteiger partial charge in [0, 0.05) is 23.4 Å². The highest BCUT2D eigenvalue weighted by Gasteiger charge is 2.52. The molecule has 1 aliphatic carbocycles. The third kappa shape index (κ3) is 8.97. The Kier molecular flexibility index (Phi) is 13.6. The van der Waals surface area contributed by atoms with Crippen LogP contribution < -0.4 is 20.9 Å². The normalized spacial score (nSPS) is 17.4. The Bertz CT molecular complexity index is 1810. The minimum atomic E-state index is -3.37. The lowest BCUT2D eigenvalue weighted by Crippen LogP contribution is -2.59. The van der Waals surface area contributed by atoms with E-state index in [1.54, 1.807) is 33.3 Å². The standard InChI is InChI=1S/C29H30ClF2N9O4S2.C2H6.CH4S/c1-27(2,3)45-26(44)39-23-14(7-33)18-17(47-23)5-6-28(18)11-41(12-28)22-15(8-34)21(37-25(38-22)46-4)40-9-16(19(30)20(35)24(42)43)36-10-29(31,32)13-40;2*1-2/h5-6,9-13,35H2,1-4H3,(H,39,44)(H,42,43);1-2H3;2H,1H3/b20-19+;;. The highest BCUT2D eigenvalue weighted by molar-refractivity contribution is 7.98. The summed E-state index contributed by atoms with van der Waals surface area (Å²) in [5, 5.41) is 32.6. The van der Waals surface area contributed by atoms with Gasteiger partial charge >= 0.3 is 12.1 Å². The predicted octanol–water partition coefficient (Wildman–Crippen LogP) is 6.02. The van der Waals surface area contributed by atoms with Crippen molar-refractivity contribution in [3.63, 3.8) is 0 Å². The number of amides is 1. The van der Waals surface area contributed by atoms with Crippen LogP contribution in [0.25, 0.3) is 0 Å². The monoisotopic (exact) mass is 783 g/mol. The average Bonchev–Trinajstić information content (AvgIpc) is 3.55. The highest BCUT2D eigenvalue weighted by atomic mass is 35.5. The molecular formula is C32H40ClF2N9O4S3. The lowest BCUT2D eigenvalue weighted by Gasteiger charge is -2.49. The third-order valence-corrected chi connectivity index (χ3v) is 9.92. The number of carbonyl (C=O) groups excluding carboxylic acids is 1. The Hall–Kier alpha value is -3.84. The van der Waals surface area contributed by atoms with Gasteiger partial charge in [-0.15, -0.1) is 11.3 Å². The Morgan fingerprint density at radius 1 is 1.12 bits per heavy atom. The topological polar surface area (TPSA) is 194 Å². The molecule has 51 heavy (non-hydrogen) atoms. The number of nitrogens with two attached hydrogens (primary N) is 1. The third-order valence-electron chi connectivity index (χ3n) is 7.78. The zero-order valence-electron chi connectivity index (χ0n) is 29.2. The number of carbonyl (C=O) groups is 2. The van der Waals surface area contributed by atoms with E-state index in [2.05, 4.69) is 45.0 Å². The molecule has 0 unspecified atom stereocenters. The van der Waals surface area contributed by atoms with Crippen LogP contribution in [0.5, 0.6) is 0 Å². The van der Waals surface area contributed by atoms with Gasteiger partial charge in [0.15, 0.2) is 16.8 Å². The summed E-state index contributed by atoms with van der Waals surface area (Å²) in [5.41, 5.74) is 4.62. The van der Waals surface area contributed by atoms with Crippen LogP contribution in [-0.2, 0) is 21.4 Å². The second-order valence-corrected chi connectivity index (χ2v) is 14.6. The van der Waals surface area contributed by atoms with E-state index in [9.17, 15) is 34.0 Å². The molecule has 0 saturated carbocycles. The number of aromatic nitrogens is 2. The van der Waals surface area contributed by atoms with Crippen LogP contribution in [0.2, 0.25) is 0 Å². The summed E-state index contributed by atoms with van der Waals surface area (Å²) in [6, 6.07) is 4.33. The van der Waals surface area contributed by atoms with Crippen LogP contribution in [0.3, 0.4) is 0 Å². The number of ether oxygens (including phenoxy) is 1. The van der Waals surface area contributed by atoms with E-state index in [-0.39, 0.29) is 34.6 Å². The van der Waals surface area contributed by atoms with Crippen LogP contribution >= 0.6 is 47.3 Å². The first-order valence-corrected chi connectivity index (χ1v) is 19.0. The van der Waals surface area contributed by atoms with Gasteiger partial charge in [0.2, 0.25) is 0 Å². The highest BCUT2D eigenvalue weighted by Crippen LogP contribution is 2.53. The van der Waals surface area contributed by atoms with Crippen molar-refractivity contribution in [2.24, 2.45) is 10.7 Å². The molecule has 0 radical (unpaired) electrons. The first-order chi connectivity index (χ1) is 24.0. The maximum absolute atomic E-state index is 15.0. The molecule has 2 aromatic heterocycles. The molecule has 13 nitrogen and oxygen atoms in total. The number of halogens is 3. The predicted molar refractivity (Wildman–Crippen MR) is 200 cm³/mol. The second kappa shape index (κ2) is 16.7. The SMILES string of the molecule is CC.CS.CSc1nc(N2CC(/C(Cl)=C(\N)C(=O)O)=NCC(F)(F)C2)c(C#N)c(N2CC3(CCc4sc(NC(=O)OC(C)(C)C)c(C#N)c43)C2)n1.